The molecule has 0 aromatic carbocycles. The van der Waals surface area contributed by atoms with Crippen molar-refractivity contribution >= 4 is 5.91 Å². The van der Waals surface area contributed by atoms with Crippen molar-refractivity contribution in [3.63, 3.8) is 0 Å². The Morgan fingerprint density at radius 2 is 2.36 bits per heavy atom. The van der Waals surface area contributed by atoms with Gasteiger partial charge in [-0.2, -0.15) is 0 Å². The highest BCUT2D eigenvalue weighted by molar-refractivity contribution is 5.77. The van der Waals surface area contributed by atoms with E-state index in [1.54, 1.807) is 7.05 Å². The van der Waals surface area contributed by atoms with Gasteiger partial charge in [0.25, 0.3) is 0 Å². The molecule has 0 radical (unpaired) electrons. The van der Waals surface area contributed by atoms with E-state index in [-0.39, 0.29) is 5.91 Å². The highest BCUT2D eigenvalue weighted by atomic mass is 16.1. The van der Waals surface area contributed by atoms with Gasteiger partial charge in [-0.15, -0.1) is 0 Å². The Morgan fingerprint density at radius 3 is 2.86 bits per heavy atom. The van der Waals surface area contributed by atoms with E-state index in [2.05, 4.69) is 15.3 Å². The van der Waals surface area contributed by atoms with Crippen molar-refractivity contribution in [3.8, 4) is 0 Å². The van der Waals surface area contributed by atoms with Gasteiger partial charge in [-0.1, -0.05) is 12.0 Å². The summed E-state index contributed by atoms with van der Waals surface area (Å²) in [6, 6.07) is 0. The van der Waals surface area contributed by atoms with Crippen LogP contribution in [0.1, 0.15) is 13.3 Å². The minimum atomic E-state index is 0.00985. The molecular weight excluding hydrogens is 182 g/mol. The molecule has 0 heterocycles. The molecule has 6 heteroatoms. The highest BCUT2D eigenvalue weighted by Gasteiger charge is 2.05. The third kappa shape index (κ3) is 6.28. The zero-order valence-electron chi connectivity index (χ0n) is 8.73. The van der Waals surface area contributed by atoms with Crippen LogP contribution >= 0.6 is 0 Å². The smallest absolute Gasteiger partial charge is 0.233 e. The van der Waals surface area contributed by atoms with Crippen LogP contribution in [0.2, 0.25) is 0 Å². The molecule has 0 aromatic rings. The lowest BCUT2D eigenvalue weighted by atomic mass is 10.3. The zero-order chi connectivity index (χ0) is 10.8. The van der Waals surface area contributed by atoms with Crippen LogP contribution in [0, 0.1) is 0 Å². The molecule has 0 aliphatic heterocycles. The van der Waals surface area contributed by atoms with E-state index in [0.29, 0.717) is 13.1 Å². The van der Waals surface area contributed by atoms with Crippen molar-refractivity contribution in [2.24, 2.45) is 5.11 Å². The highest BCUT2D eigenvalue weighted by Crippen LogP contribution is 1.91. The molecule has 14 heavy (non-hydrogen) atoms. The topological polar surface area (TPSA) is 81.1 Å². The molecule has 1 N–H and O–H groups in total. The van der Waals surface area contributed by atoms with Gasteiger partial charge >= 0.3 is 0 Å². The minimum absolute atomic E-state index is 0.00985. The normalized spacial score (nSPS) is 9.64. The Balaban J connectivity index is 3.67. The first-order valence-electron chi connectivity index (χ1n) is 4.68. The number of carbonyl (C=O) groups excluding carboxylic acids is 1. The van der Waals surface area contributed by atoms with E-state index >= 15 is 0 Å². The second kappa shape index (κ2) is 8.34. The van der Waals surface area contributed by atoms with Crippen molar-refractivity contribution in [2.75, 3.05) is 33.2 Å². The van der Waals surface area contributed by atoms with Gasteiger partial charge < -0.3 is 5.32 Å². The fraction of sp³-hybridized carbons (Fsp3) is 0.875. The molecule has 0 aromatic heterocycles. The third-order valence-corrected chi connectivity index (χ3v) is 1.89. The lowest BCUT2D eigenvalue weighted by Crippen LogP contribution is -2.36. The number of amides is 1. The van der Waals surface area contributed by atoms with Crippen molar-refractivity contribution in [2.45, 2.75) is 13.3 Å². The average molecular weight is 199 g/mol. The zero-order valence-corrected chi connectivity index (χ0v) is 8.73. The molecule has 0 aliphatic rings. The number of hydrogen-bond acceptors (Lipinski definition) is 3. The number of rotatable bonds is 7. The van der Waals surface area contributed by atoms with Gasteiger partial charge in [-0.05, 0) is 25.0 Å². The number of carbonyl (C=O) groups is 1. The van der Waals surface area contributed by atoms with E-state index in [1.165, 1.54) is 0 Å². The molecule has 0 saturated carbocycles. The van der Waals surface area contributed by atoms with E-state index in [9.17, 15) is 4.79 Å². The molecule has 0 saturated heterocycles. The van der Waals surface area contributed by atoms with Crippen LogP contribution in [0.4, 0.5) is 0 Å². The summed E-state index contributed by atoms with van der Waals surface area (Å²) in [6.45, 7) is 4.49. The molecule has 0 atom stereocenters. The first-order valence-corrected chi connectivity index (χ1v) is 4.68. The lowest BCUT2D eigenvalue weighted by molar-refractivity contribution is -0.121. The van der Waals surface area contributed by atoms with Crippen LogP contribution in [-0.4, -0.2) is 44.0 Å². The van der Waals surface area contributed by atoms with Crippen LogP contribution in [0.25, 0.3) is 10.4 Å². The quantitative estimate of drug-likeness (QED) is 0.284. The van der Waals surface area contributed by atoms with E-state index in [0.717, 1.165) is 19.5 Å². The van der Waals surface area contributed by atoms with Gasteiger partial charge in [0.15, 0.2) is 0 Å². The van der Waals surface area contributed by atoms with Crippen LogP contribution in [0.5, 0.6) is 0 Å². The first kappa shape index (κ1) is 12.7. The Morgan fingerprint density at radius 1 is 1.64 bits per heavy atom. The van der Waals surface area contributed by atoms with Gasteiger partial charge in [0.2, 0.25) is 5.91 Å². The van der Waals surface area contributed by atoms with E-state index in [4.69, 9.17) is 5.53 Å². The van der Waals surface area contributed by atoms with Crippen molar-refractivity contribution in [1.82, 2.24) is 10.2 Å². The predicted molar refractivity (Wildman–Crippen MR) is 54.8 cm³/mol. The monoisotopic (exact) mass is 199 g/mol. The largest absolute Gasteiger partial charge is 0.358 e. The number of nitrogens with one attached hydrogen (secondary N) is 1. The van der Waals surface area contributed by atoms with Gasteiger partial charge in [-0.25, -0.2) is 0 Å². The van der Waals surface area contributed by atoms with Gasteiger partial charge in [0, 0.05) is 18.5 Å². The fourth-order valence-electron chi connectivity index (χ4n) is 1.04. The van der Waals surface area contributed by atoms with Crippen LogP contribution in [-0.2, 0) is 4.79 Å². The summed E-state index contributed by atoms with van der Waals surface area (Å²) < 4.78 is 0. The number of hydrogen-bond donors (Lipinski definition) is 1. The Bertz CT molecular complexity index is 212. The molecule has 0 aliphatic carbocycles. The summed E-state index contributed by atoms with van der Waals surface area (Å²) in [7, 11) is 1.62. The summed E-state index contributed by atoms with van der Waals surface area (Å²) >= 11 is 0. The molecule has 0 unspecified atom stereocenters. The molecule has 1 amide bonds. The van der Waals surface area contributed by atoms with Crippen LogP contribution in [0.15, 0.2) is 5.11 Å². The Labute approximate surface area is 83.9 Å². The summed E-state index contributed by atoms with van der Waals surface area (Å²) in [4.78, 5) is 15.7. The molecule has 0 spiro atoms. The number of likely N-dealkylation sites (N-methyl/N-ethyl adjacent to an activating group) is 2. The number of azide groups is 1. The maximum absolute atomic E-state index is 11.0. The number of nitrogens with zero attached hydrogens (tertiary/aromatic N) is 4. The van der Waals surface area contributed by atoms with Gasteiger partial charge in [-0.3, -0.25) is 9.69 Å². The second-order valence-electron chi connectivity index (χ2n) is 2.85. The molecule has 6 nitrogen and oxygen atoms in total. The van der Waals surface area contributed by atoms with Gasteiger partial charge in [0.05, 0.1) is 6.54 Å². The fourth-order valence-corrected chi connectivity index (χ4v) is 1.04. The van der Waals surface area contributed by atoms with Gasteiger partial charge in [0.1, 0.15) is 0 Å². The SMILES string of the molecule is CCN(CCCN=[N+]=[N-])CC(=O)NC. The Hall–Kier alpha value is -1.26. The Kier molecular flexibility index (Phi) is 7.59. The summed E-state index contributed by atoms with van der Waals surface area (Å²) in [5, 5.41) is 6.00. The molecule has 0 rings (SSSR count). The van der Waals surface area contributed by atoms with Crippen molar-refractivity contribution in [1.29, 1.82) is 0 Å². The summed E-state index contributed by atoms with van der Waals surface area (Å²) in [5.41, 5.74) is 8.05. The molecular formula is C8H17N5O. The second-order valence-corrected chi connectivity index (χ2v) is 2.85. The van der Waals surface area contributed by atoms with Crippen LogP contribution < -0.4 is 5.32 Å². The standard InChI is InChI=1S/C8H17N5O/c1-3-13(7-8(14)10-2)6-4-5-11-12-9/h3-7H2,1-2H3,(H,10,14). The molecule has 0 fully saturated rings. The third-order valence-electron chi connectivity index (χ3n) is 1.89. The first-order chi connectivity index (χ1) is 6.74. The predicted octanol–water partition coefficient (Wildman–Crippen LogP) is 0.755. The molecule has 0 bridgehead atoms. The average Bonchev–Trinajstić information content (AvgIpc) is 2.22. The van der Waals surface area contributed by atoms with Crippen molar-refractivity contribution < 1.29 is 4.79 Å². The van der Waals surface area contributed by atoms with E-state index < -0.39 is 0 Å². The minimum Gasteiger partial charge on any atom is -0.358 e. The van der Waals surface area contributed by atoms with Crippen molar-refractivity contribution in [3.05, 3.63) is 10.4 Å². The lowest BCUT2D eigenvalue weighted by Gasteiger charge is -2.18. The van der Waals surface area contributed by atoms with E-state index in [1.807, 2.05) is 11.8 Å². The maximum atomic E-state index is 11.0. The molecule has 80 valence electrons. The summed E-state index contributed by atoms with van der Waals surface area (Å²) in [6.07, 6.45) is 0.787. The summed E-state index contributed by atoms with van der Waals surface area (Å²) in [5.74, 6) is 0.00985. The maximum Gasteiger partial charge on any atom is 0.233 e. The van der Waals surface area contributed by atoms with Crippen LogP contribution in [0.3, 0.4) is 0 Å².